The number of nitrogens with one attached hydrogen (secondary N) is 1. The van der Waals surface area contributed by atoms with Crippen molar-refractivity contribution in [2.75, 3.05) is 28.3 Å². The minimum atomic E-state index is -2.98. The maximum Gasteiger partial charge on any atom is 0.244 e. The van der Waals surface area contributed by atoms with Gasteiger partial charge >= 0.3 is 0 Å². The summed E-state index contributed by atoms with van der Waals surface area (Å²) in [6.07, 6.45) is 0.557. The first-order valence-corrected chi connectivity index (χ1v) is 8.22. The normalized spacial score (nSPS) is 25.0. The van der Waals surface area contributed by atoms with Crippen molar-refractivity contribution in [3.63, 3.8) is 0 Å². The van der Waals surface area contributed by atoms with Crippen molar-refractivity contribution in [1.29, 1.82) is 0 Å². The van der Waals surface area contributed by atoms with Crippen LogP contribution in [-0.4, -0.2) is 38.4 Å². The lowest BCUT2D eigenvalue weighted by atomic mass is 10.1. The fourth-order valence-electron chi connectivity index (χ4n) is 2.64. The molecular formula is C12H13ClN2O3S. The van der Waals surface area contributed by atoms with Gasteiger partial charge in [0.05, 0.1) is 34.4 Å². The Balaban J connectivity index is 2.00. The van der Waals surface area contributed by atoms with Crippen LogP contribution in [0.1, 0.15) is 6.42 Å². The molecule has 5 nitrogen and oxygen atoms in total. The van der Waals surface area contributed by atoms with Crippen LogP contribution in [0.2, 0.25) is 5.02 Å². The SMILES string of the molecule is O=C1CN(C2CCS(=O)(=O)C2)c2cccc(Cl)c2N1. The van der Waals surface area contributed by atoms with Crippen LogP contribution in [0.5, 0.6) is 0 Å². The van der Waals surface area contributed by atoms with Gasteiger partial charge in [0.1, 0.15) is 0 Å². The van der Waals surface area contributed by atoms with Crippen molar-refractivity contribution in [2.24, 2.45) is 0 Å². The highest BCUT2D eigenvalue weighted by Gasteiger charge is 2.36. The maximum absolute atomic E-state index is 11.7. The number of hydrogen-bond donors (Lipinski definition) is 1. The predicted octanol–water partition coefficient (Wildman–Crippen LogP) is 1.29. The van der Waals surface area contributed by atoms with E-state index in [-0.39, 0.29) is 30.0 Å². The molecular weight excluding hydrogens is 288 g/mol. The number of rotatable bonds is 1. The Labute approximate surface area is 116 Å². The average molecular weight is 301 g/mol. The number of halogens is 1. The van der Waals surface area contributed by atoms with E-state index in [4.69, 9.17) is 11.6 Å². The molecule has 1 aromatic rings. The minimum Gasteiger partial charge on any atom is -0.356 e. The molecule has 102 valence electrons. The number of amides is 1. The zero-order chi connectivity index (χ0) is 13.6. The van der Waals surface area contributed by atoms with Gasteiger partial charge in [-0.1, -0.05) is 17.7 Å². The quantitative estimate of drug-likeness (QED) is 0.848. The molecule has 0 spiro atoms. The molecule has 19 heavy (non-hydrogen) atoms. The van der Waals surface area contributed by atoms with Crippen LogP contribution in [0.25, 0.3) is 0 Å². The molecule has 2 aliphatic heterocycles. The van der Waals surface area contributed by atoms with Gasteiger partial charge in [0.15, 0.2) is 9.84 Å². The first-order chi connectivity index (χ1) is 8.96. The molecule has 1 saturated heterocycles. The van der Waals surface area contributed by atoms with E-state index in [0.717, 1.165) is 5.69 Å². The van der Waals surface area contributed by atoms with Crippen molar-refractivity contribution in [1.82, 2.24) is 0 Å². The Hall–Kier alpha value is -1.27. The van der Waals surface area contributed by atoms with Crippen molar-refractivity contribution < 1.29 is 13.2 Å². The second-order valence-electron chi connectivity index (χ2n) is 4.87. The zero-order valence-electron chi connectivity index (χ0n) is 10.1. The molecule has 1 aromatic carbocycles. The minimum absolute atomic E-state index is 0.103. The molecule has 1 atom stereocenters. The molecule has 1 N–H and O–H groups in total. The Kier molecular flexibility index (Phi) is 2.94. The van der Waals surface area contributed by atoms with Crippen LogP contribution in [-0.2, 0) is 14.6 Å². The van der Waals surface area contributed by atoms with Crippen LogP contribution < -0.4 is 10.2 Å². The number of hydrogen-bond acceptors (Lipinski definition) is 4. The molecule has 2 heterocycles. The highest BCUT2D eigenvalue weighted by Crippen LogP contribution is 2.38. The van der Waals surface area contributed by atoms with Crippen LogP contribution in [0.4, 0.5) is 11.4 Å². The van der Waals surface area contributed by atoms with Gasteiger partial charge in [0.25, 0.3) is 0 Å². The van der Waals surface area contributed by atoms with Gasteiger partial charge in [0.2, 0.25) is 5.91 Å². The molecule has 2 aliphatic rings. The largest absolute Gasteiger partial charge is 0.356 e. The predicted molar refractivity (Wildman–Crippen MR) is 74.5 cm³/mol. The molecule has 1 amide bonds. The van der Waals surface area contributed by atoms with Crippen LogP contribution in [0, 0.1) is 0 Å². The highest BCUT2D eigenvalue weighted by molar-refractivity contribution is 7.91. The fourth-order valence-corrected chi connectivity index (χ4v) is 4.59. The number of para-hydroxylation sites is 1. The summed E-state index contributed by atoms with van der Waals surface area (Å²) in [6, 6.07) is 5.21. The third-order valence-corrected chi connectivity index (χ3v) is 5.59. The first kappa shape index (κ1) is 12.7. The van der Waals surface area contributed by atoms with Gasteiger partial charge in [0, 0.05) is 6.04 Å². The number of benzene rings is 1. The van der Waals surface area contributed by atoms with E-state index >= 15 is 0 Å². The van der Waals surface area contributed by atoms with Gasteiger partial charge in [-0.05, 0) is 18.6 Å². The third-order valence-electron chi connectivity index (χ3n) is 3.53. The lowest BCUT2D eigenvalue weighted by molar-refractivity contribution is -0.115. The topological polar surface area (TPSA) is 66.5 Å². The molecule has 7 heteroatoms. The number of carbonyl (C=O) groups is 1. The number of nitrogens with zero attached hydrogens (tertiary/aromatic N) is 1. The Morgan fingerprint density at radius 3 is 2.84 bits per heavy atom. The number of fused-ring (bicyclic) bond motifs is 1. The highest BCUT2D eigenvalue weighted by atomic mass is 35.5. The molecule has 0 aliphatic carbocycles. The number of carbonyl (C=O) groups excluding carboxylic acids is 1. The molecule has 0 radical (unpaired) electrons. The summed E-state index contributed by atoms with van der Waals surface area (Å²) in [5, 5.41) is 3.21. The molecule has 0 bridgehead atoms. The van der Waals surface area contributed by atoms with Gasteiger partial charge in [-0.3, -0.25) is 4.79 Å². The van der Waals surface area contributed by atoms with E-state index in [0.29, 0.717) is 17.1 Å². The summed E-state index contributed by atoms with van der Waals surface area (Å²) in [6.45, 7) is 0.174. The zero-order valence-corrected chi connectivity index (χ0v) is 11.7. The lowest BCUT2D eigenvalue weighted by Gasteiger charge is -2.35. The van der Waals surface area contributed by atoms with Crippen LogP contribution in [0.3, 0.4) is 0 Å². The summed E-state index contributed by atoms with van der Waals surface area (Å²) in [5.41, 5.74) is 1.37. The van der Waals surface area contributed by atoms with E-state index in [9.17, 15) is 13.2 Å². The Morgan fingerprint density at radius 1 is 1.37 bits per heavy atom. The molecule has 1 unspecified atom stereocenters. The number of sulfone groups is 1. The first-order valence-electron chi connectivity index (χ1n) is 6.02. The smallest absolute Gasteiger partial charge is 0.244 e. The lowest BCUT2D eigenvalue weighted by Crippen LogP contribution is -2.45. The van der Waals surface area contributed by atoms with Crippen molar-refractivity contribution in [3.8, 4) is 0 Å². The van der Waals surface area contributed by atoms with Gasteiger partial charge in [-0.15, -0.1) is 0 Å². The average Bonchev–Trinajstić information content (AvgIpc) is 2.70. The van der Waals surface area contributed by atoms with Gasteiger partial charge in [-0.25, -0.2) is 8.42 Å². The summed E-state index contributed by atoms with van der Waals surface area (Å²) in [7, 11) is -2.98. The Bertz CT molecular complexity index is 644. The summed E-state index contributed by atoms with van der Waals surface area (Å²) in [4.78, 5) is 13.6. The van der Waals surface area contributed by atoms with E-state index in [1.165, 1.54) is 0 Å². The van der Waals surface area contributed by atoms with Gasteiger partial charge < -0.3 is 10.2 Å². The molecule has 3 rings (SSSR count). The number of anilines is 2. The van der Waals surface area contributed by atoms with Crippen molar-refractivity contribution in [2.45, 2.75) is 12.5 Å². The van der Waals surface area contributed by atoms with Crippen molar-refractivity contribution in [3.05, 3.63) is 23.2 Å². The van der Waals surface area contributed by atoms with Crippen molar-refractivity contribution >= 4 is 38.7 Å². The van der Waals surface area contributed by atoms with E-state index in [1.54, 1.807) is 12.1 Å². The molecule has 0 saturated carbocycles. The second-order valence-corrected chi connectivity index (χ2v) is 7.50. The Morgan fingerprint density at radius 2 is 2.16 bits per heavy atom. The second kappa shape index (κ2) is 4.38. The fraction of sp³-hybridized carbons (Fsp3) is 0.417. The summed E-state index contributed by atoms with van der Waals surface area (Å²) < 4.78 is 23.2. The van der Waals surface area contributed by atoms with E-state index < -0.39 is 9.84 Å². The summed E-state index contributed by atoms with van der Waals surface area (Å²) in [5.74, 6) is 0.127. The van der Waals surface area contributed by atoms with E-state index in [2.05, 4.69) is 5.32 Å². The molecule has 0 aromatic heterocycles. The summed E-state index contributed by atoms with van der Waals surface area (Å²) >= 11 is 6.08. The maximum atomic E-state index is 11.7. The standard InChI is InChI=1S/C12H13ClN2O3S/c13-9-2-1-3-10-12(9)14-11(16)6-15(10)8-4-5-19(17,18)7-8/h1-3,8H,4-7H2,(H,14,16). The third kappa shape index (κ3) is 2.30. The monoisotopic (exact) mass is 300 g/mol. The van der Waals surface area contributed by atoms with Gasteiger partial charge in [-0.2, -0.15) is 0 Å². The van der Waals surface area contributed by atoms with Crippen LogP contribution >= 0.6 is 11.6 Å². The molecule has 1 fully saturated rings. The van der Waals surface area contributed by atoms with E-state index in [1.807, 2.05) is 11.0 Å². The van der Waals surface area contributed by atoms with Crippen LogP contribution in [0.15, 0.2) is 18.2 Å².